The molecule has 0 saturated heterocycles. The topological polar surface area (TPSA) is 78.0 Å². The largest absolute Gasteiger partial charge is 0.395 e. The number of carbonyl (C=O) groups is 1. The maximum absolute atomic E-state index is 12.0. The lowest BCUT2D eigenvalue weighted by molar-refractivity contribution is 0.0951. The van der Waals surface area contributed by atoms with E-state index in [-0.39, 0.29) is 12.5 Å². The molecule has 21 heavy (non-hydrogen) atoms. The van der Waals surface area contributed by atoms with Gasteiger partial charge in [-0.3, -0.25) is 9.89 Å². The zero-order valence-corrected chi connectivity index (χ0v) is 11.9. The smallest absolute Gasteiger partial charge is 0.251 e. The summed E-state index contributed by atoms with van der Waals surface area (Å²) in [6.07, 6.45) is 3.75. The summed E-state index contributed by atoms with van der Waals surface area (Å²) in [5, 5.41) is 18.3. The Bertz CT molecular complexity index is 672. The molecule has 1 aromatic carbocycles. The second kappa shape index (κ2) is 7.48. The standard InChI is InChI=1S/C15H14ClN3O2/c16-14-7-13(5-4-12(14)3-1-2-6-20)15(21)17-8-11-9-18-19-10-11/h4-5,7,9-10,20H,2,6,8H2,(H,17,21)(H,18,19). The Morgan fingerprint density at radius 3 is 3.00 bits per heavy atom. The predicted molar refractivity (Wildman–Crippen MR) is 79.8 cm³/mol. The fourth-order valence-corrected chi connectivity index (χ4v) is 1.86. The molecule has 0 spiro atoms. The predicted octanol–water partition coefficient (Wildman–Crippen LogP) is 1.73. The van der Waals surface area contributed by atoms with Crippen molar-refractivity contribution < 1.29 is 9.90 Å². The Kier molecular flexibility index (Phi) is 5.38. The van der Waals surface area contributed by atoms with Crippen LogP contribution in [0.15, 0.2) is 30.6 Å². The second-order valence-electron chi connectivity index (χ2n) is 4.26. The molecule has 6 heteroatoms. The summed E-state index contributed by atoms with van der Waals surface area (Å²) in [6.45, 7) is 0.407. The second-order valence-corrected chi connectivity index (χ2v) is 4.67. The summed E-state index contributed by atoms with van der Waals surface area (Å²) in [4.78, 5) is 12.0. The zero-order chi connectivity index (χ0) is 15.1. The van der Waals surface area contributed by atoms with E-state index in [4.69, 9.17) is 16.7 Å². The lowest BCUT2D eigenvalue weighted by atomic mass is 10.1. The fourth-order valence-electron chi connectivity index (χ4n) is 1.63. The summed E-state index contributed by atoms with van der Waals surface area (Å²) >= 11 is 6.09. The van der Waals surface area contributed by atoms with Gasteiger partial charge < -0.3 is 10.4 Å². The van der Waals surface area contributed by atoms with Crippen LogP contribution in [0.3, 0.4) is 0 Å². The fraction of sp³-hybridized carbons (Fsp3) is 0.200. The van der Waals surface area contributed by atoms with E-state index >= 15 is 0 Å². The van der Waals surface area contributed by atoms with E-state index in [1.54, 1.807) is 30.6 Å². The molecular weight excluding hydrogens is 290 g/mol. The van der Waals surface area contributed by atoms with Crippen LogP contribution in [0.5, 0.6) is 0 Å². The van der Waals surface area contributed by atoms with Crippen LogP contribution >= 0.6 is 11.6 Å². The van der Waals surface area contributed by atoms with Gasteiger partial charge in [0.2, 0.25) is 0 Å². The van der Waals surface area contributed by atoms with Gasteiger partial charge in [0, 0.05) is 35.9 Å². The van der Waals surface area contributed by atoms with Crippen LogP contribution in [-0.2, 0) is 6.54 Å². The molecule has 2 aromatic rings. The zero-order valence-electron chi connectivity index (χ0n) is 11.2. The molecule has 5 nitrogen and oxygen atoms in total. The van der Waals surface area contributed by atoms with E-state index in [1.807, 2.05) is 0 Å². The van der Waals surface area contributed by atoms with E-state index in [0.717, 1.165) is 5.56 Å². The summed E-state index contributed by atoms with van der Waals surface area (Å²) in [7, 11) is 0. The lowest BCUT2D eigenvalue weighted by Crippen LogP contribution is -2.22. The third-order valence-electron chi connectivity index (χ3n) is 2.70. The normalized spacial score (nSPS) is 9.81. The minimum Gasteiger partial charge on any atom is -0.395 e. The number of nitrogens with zero attached hydrogens (tertiary/aromatic N) is 1. The first-order chi connectivity index (χ1) is 10.2. The Morgan fingerprint density at radius 1 is 1.48 bits per heavy atom. The van der Waals surface area contributed by atoms with Crippen LogP contribution in [0, 0.1) is 11.8 Å². The van der Waals surface area contributed by atoms with Crippen LogP contribution in [0.2, 0.25) is 5.02 Å². The van der Waals surface area contributed by atoms with Gasteiger partial charge in [0.25, 0.3) is 5.91 Å². The van der Waals surface area contributed by atoms with Crippen molar-refractivity contribution in [2.24, 2.45) is 0 Å². The highest BCUT2D eigenvalue weighted by Gasteiger charge is 2.08. The van der Waals surface area contributed by atoms with Gasteiger partial charge in [-0.25, -0.2) is 0 Å². The quantitative estimate of drug-likeness (QED) is 0.753. The summed E-state index contributed by atoms with van der Waals surface area (Å²) < 4.78 is 0. The lowest BCUT2D eigenvalue weighted by Gasteiger charge is -2.05. The molecule has 0 atom stereocenters. The number of halogens is 1. The average molecular weight is 304 g/mol. The number of rotatable bonds is 4. The number of nitrogens with one attached hydrogen (secondary N) is 2. The number of amides is 1. The first-order valence-electron chi connectivity index (χ1n) is 6.36. The molecular formula is C15H14ClN3O2. The molecule has 0 aliphatic carbocycles. The van der Waals surface area contributed by atoms with Crippen LogP contribution < -0.4 is 5.32 Å². The molecule has 0 aliphatic rings. The van der Waals surface area contributed by atoms with Crippen LogP contribution in [0.1, 0.15) is 27.9 Å². The van der Waals surface area contributed by atoms with Gasteiger partial charge in [0.1, 0.15) is 0 Å². The number of aromatic nitrogens is 2. The summed E-state index contributed by atoms with van der Waals surface area (Å²) in [6, 6.07) is 4.94. The van der Waals surface area contributed by atoms with Crippen molar-refractivity contribution in [2.75, 3.05) is 6.61 Å². The van der Waals surface area contributed by atoms with Gasteiger partial charge in [-0.2, -0.15) is 5.10 Å². The van der Waals surface area contributed by atoms with Gasteiger partial charge in [0.05, 0.1) is 17.8 Å². The maximum Gasteiger partial charge on any atom is 0.251 e. The van der Waals surface area contributed by atoms with E-state index in [0.29, 0.717) is 29.1 Å². The highest BCUT2D eigenvalue weighted by molar-refractivity contribution is 6.32. The molecule has 1 aromatic heterocycles. The molecule has 0 fully saturated rings. The average Bonchev–Trinajstić information content (AvgIpc) is 3.00. The first-order valence-corrected chi connectivity index (χ1v) is 6.73. The molecule has 1 amide bonds. The van der Waals surface area contributed by atoms with E-state index in [2.05, 4.69) is 27.4 Å². The molecule has 1 heterocycles. The van der Waals surface area contributed by atoms with Crippen LogP contribution in [0.25, 0.3) is 0 Å². The SMILES string of the molecule is O=C(NCc1cn[nH]c1)c1ccc(C#CCCO)c(Cl)c1. The third-order valence-corrected chi connectivity index (χ3v) is 3.01. The van der Waals surface area contributed by atoms with E-state index < -0.39 is 0 Å². The molecule has 2 rings (SSSR count). The minimum atomic E-state index is -0.215. The molecule has 0 radical (unpaired) electrons. The van der Waals surface area contributed by atoms with Crippen molar-refractivity contribution in [3.63, 3.8) is 0 Å². The molecule has 108 valence electrons. The number of aliphatic hydroxyl groups is 1. The van der Waals surface area contributed by atoms with Crippen LogP contribution in [-0.4, -0.2) is 27.8 Å². The van der Waals surface area contributed by atoms with Gasteiger partial charge in [0.15, 0.2) is 0 Å². The minimum absolute atomic E-state index is 0.0130. The van der Waals surface area contributed by atoms with Gasteiger partial charge in [-0.15, -0.1) is 0 Å². The number of aliphatic hydroxyl groups excluding tert-OH is 1. The number of hydrogen-bond donors (Lipinski definition) is 3. The Labute approximate surface area is 127 Å². The monoisotopic (exact) mass is 303 g/mol. The van der Waals surface area contributed by atoms with Gasteiger partial charge in [-0.1, -0.05) is 23.4 Å². The van der Waals surface area contributed by atoms with Gasteiger partial charge >= 0.3 is 0 Å². The van der Waals surface area contributed by atoms with E-state index in [9.17, 15) is 4.79 Å². The maximum atomic E-state index is 12.0. The summed E-state index contributed by atoms with van der Waals surface area (Å²) in [5.74, 6) is 5.42. The molecule has 3 N–H and O–H groups in total. The molecule has 0 aliphatic heterocycles. The highest BCUT2D eigenvalue weighted by atomic mass is 35.5. The third kappa shape index (κ3) is 4.35. The molecule has 0 unspecified atom stereocenters. The van der Waals surface area contributed by atoms with Crippen LogP contribution in [0.4, 0.5) is 0 Å². The molecule has 0 bridgehead atoms. The van der Waals surface area contributed by atoms with Crippen molar-refractivity contribution in [3.05, 3.63) is 52.3 Å². The van der Waals surface area contributed by atoms with Crippen molar-refractivity contribution in [3.8, 4) is 11.8 Å². The number of carbonyl (C=O) groups excluding carboxylic acids is 1. The van der Waals surface area contributed by atoms with Crippen molar-refractivity contribution in [2.45, 2.75) is 13.0 Å². The Morgan fingerprint density at radius 2 is 2.33 bits per heavy atom. The number of benzene rings is 1. The van der Waals surface area contributed by atoms with Gasteiger partial charge in [-0.05, 0) is 18.2 Å². The highest BCUT2D eigenvalue weighted by Crippen LogP contribution is 2.17. The Balaban J connectivity index is 2.02. The number of H-pyrrole nitrogens is 1. The Hall–Kier alpha value is -2.29. The van der Waals surface area contributed by atoms with Crippen molar-refractivity contribution in [1.82, 2.24) is 15.5 Å². The van der Waals surface area contributed by atoms with Crippen molar-refractivity contribution >= 4 is 17.5 Å². The number of aromatic amines is 1. The first kappa shape index (κ1) is 15.1. The van der Waals surface area contributed by atoms with Crippen molar-refractivity contribution in [1.29, 1.82) is 0 Å². The van der Waals surface area contributed by atoms with E-state index in [1.165, 1.54) is 0 Å². The number of hydrogen-bond acceptors (Lipinski definition) is 3. The summed E-state index contributed by atoms with van der Waals surface area (Å²) in [5.41, 5.74) is 1.99. The molecule has 0 saturated carbocycles.